The lowest BCUT2D eigenvalue weighted by Gasteiger charge is -2.32. The van der Waals surface area contributed by atoms with Gasteiger partial charge in [0.05, 0.1) is 18.8 Å². The van der Waals surface area contributed by atoms with E-state index < -0.39 is 0 Å². The molecule has 2 N–H and O–H groups in total. The molecule has 1 fully saturated rings. The topological polar surface area (TPSA) is 109 Å². The van der Waals surface area contributed by atoms with E-state index in [9.17, 15) is 0 Å². The first kappa shape index (κ1) is 14.9. The number of rotatable bonds is 2. The Labute approximate surface area is 138 Å². The third-order valence-corrected chi connectivity index (χ3v) is 3.83. The molecule has 9 nitrogen and oxygen atoms in total. The number of nitrogens with two attached hydrogens (primary N) is 1. The molecule has 2 aromatic rings. The molecule has 0 radical (unpaired) electrons. The van der Waals surface area contributed by atoms with Crippen molar-refractivity contribution >= 4 is 11.8 Å². The van der Waals surface area contributed by atoms with Gasteiger partial charge in [-0.25, -0.2) is 15.0 Å². The van der Waals surface area contributed by atoms with Crippen molar-refractivity contribution in [3.05, 3.63) is 12.4 Å². The quantitative estimate of drug-likeness (QED) is 0.842. The highest BCUT2D eigenvalue weighted by Crippen LogP contribution is 2.39. The maximum atomic E-state index is 5.94. The van der Waals surface area contributed by atoms with Crippen LogP contribution >= 0.6 is 0 Å². The molecule has 0 bridgehead atoms. The van der Waals surface area contributed by atoms with Crippen LogP contribution in [0, 0.1) is 0 Å². The highest BCUT2D eigenvalue weighted by molar-refractivity contribution is 5.65. The lowest BCUT2D eigenvalue weighted by Crippen LogP contribution is -2.38. The smallest absolute Gasteiger partial charge is 0.263 e. The van der Waals surface area contributed by atoms with Gasteiger partial charge >= 0.3 is 0 Å². The number of anilines is 2. The van der Waals surface area contributed by atoms with Crippen molar-refractivity contribution in [2.75, 3.05) is 43.5 Å². The van der Waals surface area contributed by atoms with Crippen LogP contribution in [0.4, 0.5) is 11.8 Å². The first-order valence-corrected chi connectivity index (χ1v) is 7.83. The number of fused-ring (bicyclic) bond motifs is 1. The summed E-state index contributed by atoms with van der Waals surface area (Å²) in [5, 5.41) is 0. The van der Waals surface area contributed by atoms with Gasteiger partial charge in [0.1, 0.15) is 12.7 Å². The Bertz CT molecular complexity index is 733. The van der Waals surface area contributed by atoms with E-state index >= 15 is 0 Å². The SMILES string of the molecule is C[C@@H]1COc2nc(-c3cnc(N)nc3)nc(N3CCOCC3)c2O1. The highest BCUT2D eigenvalue weighted by Gasteiger charge is 2.28. The maximum Gasteiger partial charge on any atom is 0.263 e. The third-order valence-electron chi connectivity index (χ3n) is 3.83. The van der Waals surface area contributed by atoms with E-state index in [2.05, 4.69) is 24.8 Å². The van der Waals surface area contributed by atoms with E-state index in [1.807, 2.05) is 6.92 Å². The van der Waals surface area contributed by atoms with Crippen LogP contribution in [0.1, 0.15) is 6.92 Å². The van der Waals surface area contributed by atoms with Gasteiger partial charge in [-0.3, -0.25) is 0 Å². The minimum absolute atomic E-state index is 0.0494. The molecule has 4 heterocycles. The number of hydrogen-bond acceptors (Lipinski definition) is 9. The third kappa shape index (κ3) is 2.78. The fraction of sp³-hybridized carbons (Fsp3) is 0.467. The first-order chi connectivity index (χ1) is 11.7. The second-order valence-electron chi connectivity index (χ2n) is 5.67. The molecule has 0 unspecified atom stereocenters. The zero-order valence-corrected chi connectivity index (χ0v) is 13.3. The first-order valence-electron chi connectivity index (χ1n) is 7.83. The van der Waals surface area contributed by atoms with Crippen molar-refractivity contribution in [1.82, 2.24) is 19.9 Å². The summed E-state index contributed by atoms with van der Waals surface area (Å²) in [5.41, 5.74) is 6.22. The molecule has 0 aliphatic carbocycles. The second-order valence-corrected chi connectivity index (χ2v) is 5.67. The number of nitrogens with zero attached hydrogens (tertiary/aromatic N) is 5. The molecule has 126 valence electrons. The molecule has 0 spiro atoms. The zero-order valence-electron chi connectivity index (χ0n) is 13.3. The lowest BCUT2D eigenvalue weighted by atomic mass is 10.3. The Hall–Kier alpha value is -2.68. The van der Waals surface area contributed by atoms with Crippen LogP contribution in [0.25, 0.3) is 11.4 Å². The van der Waals surface area contributed by atoms with Crippen molar-refractivity contribution < 1.29 is 14.2 Å². The average molecular weight is 330 g/mol. The Kier molecular flexibility index (Phi) is 3.77. The summed E-state index contributed by atoms with van der Waals surface area (Å²) in [6.45, 7) is 5.17. The molecule has 1 atom stereocenters. The van der Waals surface area contributed by atoms with Crippen LogP contribution in [-0.2, 0) is 4.74 Å². The summed E-state index contributed by atoms with van der Waals surface area (Å²) in [6, 6.07) is 0. The lowest BCUT2D eigenvalue weighted by molar-refractivity contribution is 0.0963. The number of morpholine rings is 1. The predicted molar refractivity (Wildman–Crippen MR) is 86.1 cm³/mol. The number of nitrogen functional groups attached to an aromatic ring is 1. The summed E-state index contributed by atoms with van der Waals surface area (Å²) in [4.78, 5) is 19.3. The van der Waals surface area contributed by atoms with Crippen LogP contribution in [-0.4, -0.2) is 59.0 Å². The van der Waals surface area contributed by atoms with Gasteiger partial charge in [0, 0.05) is 25.5 Å². The minimum atomic E-state index is -0.0494. The van der Waals surface area contributed by atoms with Gasteiger partial charge in [-0.1, -0.05) is 0 Å². The van der Waals surface area contributed by atoms with E-state index in [1.165, 1.54) is 0 Å². The van der Waals surface area contributed by atoms with Crippen LogP contribution < -0.4 is 20.1 Å². The van der Waals surface area contributed by atoms with Crippen LogP contribution in [0.5, 0.6) is 11.6 Å². The molecular weight excluding hydrogens is 312 g/mol. The Balaban J connectivity index is 1.79. The molecule has 24 heavy (non-hydrogen) atoms. The standard InChI is InChI=1S/C15H18N6O3/c1-9-8-23-14-11(24-9)13(21-2-4-22-5-3-21)19-12(20-14)10-6-17-15(16)18-7-10/h6-7,9H,2-5,8H2,1H3,(H2,16,17,18)/t9-/m1/s1. The molecular formula is C15H18N6O3. The Morgan fingerprint density at radius 1 is 1.17 bits per heavy atom. The molecule has 2 aliphatic heterocycles. The van der Waals surface area contributed by atoms with Crippen molar-refractivity contribution in [1.29, 1.82) is 0 Å². The van der Waals surface area contributed by atoms with E-state index in [0.29, 0.717) is 48.7 Å². The summed E-state index contributed by atoms with van der Waals surface area (Å²) in [5.74, 6) is 2.42. The second kappa shape index (κ2) is 6.08. The summed E-state index contributed by atoms with van der Waals surface area (Å²) in [6.07, 6.45) is 3.14. The number of ether oxygens (including phenoxy) is 3. The highest BCUT2D eigenvalue weighted by atomic mass is 16.6. The van der Waals surface area contributed by atoms with E-state index in [1.54, 1.807) is 12.4 Å². The fourth-order valence-electron chi connectivity index (χ4n) is 2.62. The largest absolute Gasteiger partial charge is 0.479 e. The van der Waals surface area contributed by atoms with E-state index in [4.69, 9.17) is 19.9 Å². The predicted octanol–water partition coefficient (Wildman–Crippen LogP) is 0.512. The van der Waals surface area contributed by atoms with Crippen LogP contribution in [0.15, 0.2) is 12.4 Å². The minimum Gasteiger partial charge on any atom is -0.479 e. The van der Waals surface area contributed by atoms with Crippen molar-refractivity contribution in [3.8, 4) is 23.0 Å². The molecule has 0 saturated carbocycles. The van der Waals surface area contributed by atoms with Crippen LogP contribution in [0.2, 0.25) is 0 Å². The van der Waals surface area contributed by atoms with Gasteiger partial charge in [-0.2, -0.15) is 4.98 Å². The monoisotopic (exact) mass is 330 g/mol. The summed E-state index contributed by atoms with van der Waals surface area (Å²) < 4.78 is 17.1. The molecule has 0 aromatic carbocycles. The normalized spacial score (nSPS) is 20.0. The molecule has 2 aromatic heterocycles. The van der Waals surface area contributed by atoms with Gasteiger partial charge in [-0.15, -0.1) is 0 Å². The molecule has 0 amide bonds. The molecule has 4 rings (SSSR count). The Morgan fingerprint density at radius 3 is 2.67 bits per heavy atom. The summed E-state index contributed by atoms with van der Waals surface area (Å²) in [7, 11) is 0. The van der Waals surface area contributed by atoms with Gasteiger partial charge in [0.15, 0.2) is 11.6 Å². The average Bonchev–Trinajstić information content (AvgIpc) is 2.62. The van der Waals surface area contributed by atoms with Gasteiger partial charge < -0.3 is 24.8 Å². The van der Waals surface area contributed by atoms with Crippen LogP contribution in [0.3, 0.4) is 0 Å². The van der Waals surface area contributed by atoms with Gasteiger partial charge in [0.2, 0.25) is 11.7 Å². The van der Waals surface area contributed by atoms with Crippen molar-refractivity contribution in [3.63, 3.8) is 0 Å². The molecule has 9 heteroatoms. The van der Waals surface area contributed by atoms with Gasteiger partial charge in [0.25, 0.3) is 5.88 Å². The van der Waals surface area contributed by atoms with Crippen molar-refractivity contribution in [2.45, 2.75) is 13.0 Å². The van der Waals surface area contributed by atoms with Gasteiger partial charge in [-0.05, 0) is 6.92 Å². The molecule has 1 saturated heterocycles. The number of hydrogen-bond donors (Lipinski definition) is 1. The Morgan fingerprint density at radius 2 is 1.92 bits per heavy atom. The van der Waals surface area contributed by atoms with Crippen molar-refractivity contribution in [2.24, 2.45) is 0 Å². The fourth-order valence-corrected chi connectivity index (χ4v) is 2.62. The van der Waals surface area contributed by atoms with E-state index in [-0.39, 0.29) is 12.1 Å². The number of aromatic nitrogens is 4. The molecule has 2 aliphatic rings. The summed E-state index contributed by atoms with van der Waals surface area (Å²) >= 11 is 0. The zero-order chi connectivity index (χ0) is 16.5. The maximum absolute atomic E-state index is 5.94. The van der Waals surface area contributed by atoms with E-state index in [0.717, 1.165) is 13.1 Å².